The van der Waals surface area contributed by atoms with Gasteiger partial charge in [-0.25, -0.2) is 0 Å². The van der Waals surface area contributed by atoms with Gasteiger partial charge in [0.15, 0.2) is 6.10 Å². The summed E-state index contributed by atoms with van der Waals surface area (Å²) in [5, 5.41) is 3.48. The molecule has 146 valence electrons. The van der Waals surface area contributed by atoms with Crippen molar-refractivity contribution in [1.82, 2.24) is 10.2 Å². The van der Waals surface area contributed by atoms with Gasteiger partial charge in [-0.05, 0) is 67.8 Å². The molecule has 2 aliphatic rings. The Morgan fingerprint density at radius 1 is 1.19 bits per heavy atom. The molecular formula is C21H33ClN2O2. The lowest BCUT2D eigenvalue weighted by Gasteiger charge is -2.26. The van der Waals surface area contributed by atoms with Crippen molar-refractivity contribution in [2.24, 2.45) is 11.8 Å². The molecule has 0 saturated carbocycles. The van der Waals surface area contributed by atoms with Crippen LogP contribution < -0.4 is 10.1 Å². The van der Waals surface area contributed by atoms with Crippen LogP contribution in [0.2, 0.25) is 0 Å². The molecule has 0 bridgehead atoms. The lowest BCUT2D eigenvalue weighted by atomic mass is 9.87. The maximum atomic E-state index is 12.8. The van der Waals surface area contributed by atoms with E-state index < -0.39 is 6.10 Å². The van der Waals surface area contributed by atoms with Gasteiger partial charge in [0.05, 0.1) is 0 Å². The molecule has 0 aliphatic carbocycles. The molecule has 0 spiro atoms. The highest BCUT2D eigenvalue weighted by Crippen LogP contribution is 2.28. The van der Waals surface area contributed by atoms with E-state index in [9.17, 15) is 4.79 Å². The molecule has 5 heteroatoms. The molecule has 3 atom stereocenters. The van der Waals surface area contributed by atoms with Gasteiger partial charge in [-0.15, -0.1) is 12.4 Å². The molecule has 1 N–H and O–H groups in total. The van der Waals surface area contributed by atoms with Crippen LogP contribution in [0.3, 0.4) is 0 Å². The lowest BCUT2D eigenvalue weighted by molar-refractivity contribution is -0.137. The van der Waals surface area contributed by atoms with Gasteiger partial charge < -0.3 is 15.0 Å². The topological polar surface area (TPSA) is 41.6 Å². The van der Waals surface area contributed by atoms with E-state index >= 15 is 0 Å². The molecule has 0 aromatic heterocycles. The van der Waals surface area contributed by atoms with Gasteiger partial charge in [-0.2, -0.15) is 0 Å². The summed E-state index contributed by atoms with van der Waals surface area (Å²) in [6.45, 7) is 12.4. The molecule has 3 rings (SSSR count). The third-order valence-corrected chi connectivity index (χ3v) is 5.69. The van der Waals surface area contributed by atoms with Gasteiger partial charge >= 0.3 is 0 Å². The van der Waals surface area contributed by atoms with Crippen LogP contribution in [0.4, 0.5) is 0 Å². The fourth-order valence-electron chi connectivity index (χ4n) is 3.99. The third kappa shape index (κ3) is 4.92. The Hall–Kier alpha value is -1.26. The molecular weight excluding hydrogens is 348 g/mol. The number of fused-ring (bicyclic) bond motifs is 1. The first-order valence-corrected chi connectivity index (χ1v) is 9.61. The van der Waals surface area contributed by atoms with Gasteiger partial charge in [-0.1, -0.05) is 32.9 Å². The van der Waals surface area contributed by atoms with Crippen LogP contribution in [0.1, 0.15) is 46.1 Å². The number of carbonyl (C=O) groups excluding carboxylic acids is 1. The maximum absolute atomic E-state index is 12.8. The minimum absolute atomic E-state index is 0. The largest absolute Gasteiger partial charge is 0.481 e. The monoisotopic (exact) mass is 380 g/mol. The summed E-state index contributed by atoms with van der Waals surface area (Å²) >= 11 is 0. The first kappa shape index (κ1) is 21.0. The summed E-state index contributed by atoms with van der Waals surface area (Å²) in [6.07, 6.45) is 1.77. The molecule has 2 heterocycles. The number of ether oxygens (including phenoxy) is 1. The fraction of sp³-hybridized carbons (Fsp3) is 0.667. The van der Waals surface area contributed by atoms with Crippen molar-refractivity contribution < 1.29 is 9.53 Å². The van der Waals surface area contributed by atoms with Gasteiger partial charge in [0.2, 0.25) is 0 Å². The number of hydrogen-bond acceptors (Lipinski definition) is 3. The van der Waals surface area contributed by atoms with Crippen molar-refractivity contribution in [2.75, 3.05) is 26.2 Å². The molecule has 2 saturated heterocycles. The quantitative estimate of drug-likeness (QED) is 0.870. The van der Waals surface area contributed by atoms with E-state index in [4.69, 9.17) is 4.74 Å². The van der Waals surface area contributed by atoms with E-state index in [1.165, 1.54) is 5.56 Å². The number of amides is 1. The Bertz CT molecular complexity index is 600. The van der Waals surface area contributed by atoms with Crippen molar-refractivity contribution in [1.29, 1.82) is 0 Å². The van der Waals surface area contributed by atoms with Crippen molar-refractivity contribution in [2.45, 2.75) is 52.1 Å². The van der Waals surface area contributed by atoms with E-state index in [1.807, 2.05) is 24.0 Å². The van der Waals surface area contributed by atoms with Crippen molar-refractivity contribution >= 4 is 18.3 Å². The summed E-state index contributed by atoms with van der Waals surface area (Å²) in [6, 6.07) is 8.12. The van der Waals surface area contributed by atoms with Crippen LogP contribution in [0.5, 0.6) is 5.75 Å². The Kier molecular flexibility index (Phi) is 6.98. The summed E-state index contributed by atoms with van der Waals surface area (Å²) in [5.74, 6) is 2.37. The highest BCUT2D eigenvalue weighted by atomic mass is 35.5. The van der Waals surface area contributed by atoms with E-state index in [0.29, 0.717) is 0 Å². The number of halogens is 1. The zero-order chi connectivity index (χ0) is 18.0. The molecule has 26 heavy (non-hydrogen) atoms. The van der Waals surface area contributed by atoms with Gasteiger partial charge in [0.25, 0.3) is 5.91 Å². The molecule has 1 aromatic rings. The third-order valence-electron chi connectivity index (χ3n) is 5.69. The average Bonchev–Trinajstić information content (AvgIpc) is 2.92. The molecule has 1 amide bonds. The predicted molar refractivity (Wildman–Crippen MR) is 108 cm³/mol. The number of nitrogens with zero attached hydrogens (tertiary/aromatic N) is 1. The smallest absolute Gasteiger partial charge is 0.263 e. The number of likely N-dealkylation sites (tertiary alicyclic amines) is 1. The second-order valence-corrected chi connectivity index (χ2v) is 8.62. The second kappa shape index (κ2) is 8.62. The van der Waals surface area contributed by atoms with E-state index in [1.54, 1.807) is 0 Å². The Labute approximate surface area is 164 Å². The van der Waals surface area contributed by atoms with Crippen LogP contribution in [-0.2, 0) is 10.2 Å². The molecule has 1 unspecified atom stereocenters. The van der Waals surface area contributed by atoms with Crippen LogP contribution in [0.15, 0.2) is 24.3 Å². The van der Waals surface area contributed by atoms with E-state index in [0.717, 1.165) is 56.6 Å². The number of carbonyl (C=O) groups is 1. The summed E-state index contributed by atoms with van der Waals surface area (Å²) in [7, 11) is 0. The fourth-order valence-corrected chi connectivity index (χ4v) is 3.99. The molecule has 1 aromatic carbocycles. The molecule has 0 radical (unpaired) electrons. The average molecular weight is 381 g/mol. The zero-order valence-electron chi connectivity index (χ0n) is 16.5. The van der Waals surface area contributed by atoms with Crippen LogP contribution in [-0.4, -0.2) is 43.1 Å². The van der Waals surface area contributed by atoms with Crippen LogP contribution >= 0.6 is 12.4 Å². The van der Waals surface area contributed by atoms with Crippen LogP contribution in [0, 0.1) is 11.8 Å². The van der Waals surface area contributed by atoms with Gasteiger partial charge in [0, 0.05) is 13.1 Å². The van der Waals surface area contributed by atoms with Crippen LogP contribution in [0.25, 0.3) is 0 Å². The predicted octanol–water partition coefficient (Wildman–Crippen LogP) is 3.63. The van der Waals surface area contributed by atoms with Crippen molar-refractivity contribution in [3.63, 3.8) is 0 Å². The first-order valence-electron chi connectivity index (χ1n) is 9.61. The Balaban J connectivity index is 0.00000243. The van der Waals surface area contributed by atoms with Crippen molar-refractivity contribution in [3.8, 4) is 5.75 Å². The zero-order valence-corrected chi connectivity index (χ0v) is 17.3. The van der Waals surface area contributed by atoms with Crippen molar-refractivity contribution in [3.05, 3.63) is 29.8 Å². The second-order valence-electron chi connectivity index (χ2n) is 8.62. The minimum atomic E-state index is -0.439. The number of nitrogens with one attached hydrogen (secondary N) is 1. The molecule has 4 nitrogen and oxygen atoms in total. The molecule has 2 fully saturated rings. The van der Waals surface area contributed by atoms with Gasteiger partial charge in [0.1, 0.15) is 5.75 Å². The summed E-state index contributed by atoms with van der Waals surface area (Å²) in [5.41, 5.74) is 1.29. The standard InChI is InChI=1S/C21H32N2O2.ClH/c1-15(25-19-7-5-6-18(12-19)21(2,3)4)20(24)23-10-8-16-13-22-14-17(16)9-11-23;/h5-7,12,15-17,22H,8-11,13-14H2,1-4H3;1H/t15?,16-,17+;. The first-order chi connectivity index (χ1) is 11.8. The summed E-state index contributed by atoms with van der Waals surface area (Å²) in [4.78, 5) is 14.9. The highest BCUT2D eigenvalue weighted by molar-refractivity contribution is 5.85. The highest BCUT2D eigenvalue weighted by Gasteiger charge is 2.33. The van der Waals surface area contributed by atoms with Gasteiger partial charge in [-0.3, -0.25) is 4.79 Å². The number of hydrogen-bond donors (Lipinski definition) is 1. The Morgan fingerprint density at radius 3 is 2.38 bits per heavy atom. The molecule has 2 aliphatic heterocycles. The lowest BCUT2D eigenvalue weighted by Crippen LogP contribution is -2.41. The number of rotatable bonds is 3. The van der Waals surface area contributed by atoms with E-state index in [-0.39, 0.29) is 23.7 Å². The van der Waals surface area contributed by atoms with E-state index in [2.05, 4.69) is 38.2 Å². The summed E-state index contributed by atoms with van der Waals surface area (Å²) < 4.78 is 6.00. The SMILES string of the molecule is CC(Oc1cccc(C(C)(C)C)c1)C(=O)N1CC[C@@H]2CNC[C@@H]2CC1.Cl. The normalized spacial score (nSPS) is 24.2. The maximum Gasteiger partial charge on any atom is 0.263 e. The minimum Gasteiger partial charge on any atom is -0.481 e. The Morgan fingerprint density at radius 2 is 1.81 bits per heavy atom. The number of benzene rings is 1.